The summed E-state index contributed by atoms with van der Waals surface area (Å²) in [7, 11) is 0. The third kappa shape index (κ3) is 5.66. The van der Waals surface area contributed by atoms with Crippen molar-refractivity contribution in [2.45, 2.75) is 19.0 Å². The Labute approximate surface area is 165 Å². The number of nitrogens with one attached hydrogen (secondary N) is 2. The molecule has 0 radical (unpaired) electrons. The van der Waals surface area contributed by atoms with Gasteiger partial charge in [-0.25, -0.2) is 9.97 Å². The van der Waals surface area contributed by atoms with Gasteiger partial charge in [0.25, 0.3) is 0 Å². The van der Waals surface area contributed by atoms with Crippen molar-refractivity contribution in [1.82, 2.24) is 15.3 Å². The van der Waals surface area contributed by atoms with E-state index in [9.17, 15) is 22.8 Å². The van der Waals surface area contributed by atoms with Gasteiger partial charge in [-0.15, -0.1) is 0 Å². The molecule has 7 nitrogen and oxygen atoms in total. The Morgan fingerprint density at radius 3 is 2.41 bits per heavy atom. The highest BCUT2D eigenvalue weighted by atomic mass is 19.4. The van der Waals surface area contributed by atoms with Gasteiger partial charge in [-0.2, -0.15) is 13.2 Å². The number of rotatable bonds is 4. The van der Waals surface area contributed by atoms with Crippen molar-refractivity contribution in [3.63, 3.8) is 0 Å². The molecule has 3 rings (SSSR count). The average Bonchev–Trinajstić information content (AvgIpc) is 2.72. The first-order valence-electron chi connectivity index (χ1n) is 9.11. The van der Waals surface area contributed by atoms with Crippen molar-refractivity contribution >= 4 is 23.5 Å². The summed E-state index contributed by atoms with van der Waals surface area (Å²) in [6.07, 6.45) is 0.430. The first-order chi connectivity index (χ1) is 13.8. The van der Waals surface area contributed by atoms with E-state index in [-0.39, 0.29) is 11.6 Å². The Morgan fingerprint density at radius 1 is 1.07 bits per heavy atom. The number of hydrogen-bond acceptors (Lipinski definition) is 5. The summed E-state index contributed by atoms with van der Waals surface area (Å²) in [5.41, 5.74) is -0.985. The van der Waals surface area contributed by atoms with Crippen molar-refractivity contribution in [3.05, 3.63) is 48.3 Å². The highest BCUT2D eigenvalue weighted by Gasteiger charge is 2.30. The second-order valence-corrected chi connectivity index (χ2v) is 6.72. The molecule has 1 aliphatic rings. The van der Waals surface area contributed by atoms with Crippen LogP contribution in [0.5, 0.6) is 0 Å². The van der Waals surface area contributed by atoms with Gasteiger partial charge in [-0.1, -0.05) is 6.07 Å². The SMILES string of the molecule is O=C(NCC1CCN(c2ncccn2)CC1)C(=O)Nc1cccc(C(F)(F)F)c1. The lowest BCUT2D eigenvalue weighted by Gasteiger charge is -2.31. The van der Waals surface area contributed by atoms with E-state index in [0.29, 0.717) is 12.5 Å². The Morgan fingerprint density at radius 2 is 1.76 bits per heavy atom. The molecule has 1 aromatic carbocycles. The molecule has 0 atom stereocenters. The van der Waals surface area contributed by atoms with Crippen LogP contribution in [-0.4, -0.2) is 41.4 Å². The number of alkyl halides is 3. The normalized spacial score (nSPS) is 15.1. The van der Waals surface area contributed by atoms with Crippen molar-refractivity contribution in [3.8, 4) is 0 Å². The number of benzene rings is 1. The molecule has 0 bridgehead atoms. The second kappa shape index (κ2) is 8.89. The molecule has 0 unspecified atom stereocenters. The lowest BCUT2D eigenvalue weighted by atomic mass is 9.97. The van der Waals surface area contributed by atoms with Gasteiger partial charge in [-0.05, 0) is 43.0 Å². The highest BCUT2D eigenvalue weighted by Crippen LogP contribution is 2.30. The fourth-order valence-electron chi connectivity index (χ4n) is 3.07. The standard InChI is InChI=1S/C19H20F3N5O2/c20-19(21,22)14-3-1-4-15(11-14)26-17(29)16(28)25-12-13-5-9-27(10-6-13)18-23-7-2-8-24-18/h1-4,7-8,11,13H,5-6,9-10,12H2,(H,25,28)(H,26,29). The van der Waals surface area contributed by atoms with E-state index in [1.165, 1.54) is 12.1 Å². The quantitative estimate of drug-likeness (QED) is 0.761. The van der Waals surface area contributed by atoms with Crippen LogP contribution in [0, 0.1) is 5.92 Å². The Balaban J connectivity index is 1.45. The van der Waals surface area contributed by atoms with Gasteiger partial charge in [0.1, 0.15) is 0 Å². The number of anilines is 2. The molecule has 1 aromatic heterocycles. The maximum absolute atomic E-state index is 12.7. The predicted octanol–water partition coefficient (Wildman–Crippen LogP) is 2.47. The minimum absolute atomic E-state index is 0.0869. The number of carbonyl (C=O) groups excluding carboxylic acids is 2. The summed E-state index contributed by atoms with van der Waals surface area (Å²) in [5.74, 6) is -1.02. The van der Waals surface area contributed by atoms with Crippen LogP contribution in [0.25, 0.3) is 0 Å². The van der Waals surface area contributed by atoms with E-state index in [0.717, 1.165) is 38.1 Å². The van der Waals surface area contributed by atoms with E-state index in [1.54, 1.807) is 18.5 Å². The van der Waals surface area contributed by atoms with E-state index in [4.69, 9.17) is 0 Å². The molecule has 29 heavy (non-hydrogen) atoms. The van der Waals surface area contributed by atoms with Gasteiger partial charge in [0.15, 0.2) is 0 Å². The zero-order chi connectivity index (χ0) is 20.9. The molecule has 0 saturated carbocycles. The number of piperidine rings is 1. The van der Waals surface area contributed by atoms with Gasteiger partial charge >= 0.3 is 18.0 Å². The maximum Gasteiger partial charge on any atom is 0.416 e. The summed E-state index contributed by atoms with van der Waals surface area (Å²) in [5, 5.41) is 4.74. The van der Waals surface area contributed by atoms with Gasteiger partial charge in [-0.3, -0.25) is 9.59 Å². The largest absolute Gasteiger partial charge is 0.416 e. The van der Waals surface area contributed by atoms with Crippen LogP contribution in [0.3, 0.4) is 0 Å². The molecule has 154 valence electrons. The molecular weight excluding hydrogens is 387 g/mol. The summed E-state index contributed by atoms with van der Waals surface area (Å²) in [6.45, 7) is 1.79. The second-order valence-electron chi connectivity index (χ2n) is 6.72. The summed E-state index contributed by atoms with van der Waals surface area (Å²) < 4.78 is 38.2. The van der Waals surface area contributed by atoms with Crippen LogP contribution in [0.15, 0.2) is 42.7 Å². The lowest BCUT2D eigenvalue weighted by molar-refractivity contribution is -0.137. The zero-order valence-electron chi connectivity index (χ0n) is 15.4. The third-order valence-corrected chi connectivity index (χ3v) is 4.65. The van der Waals surface area contributed by atoms with Gasteiger partial charge in [0.2, 0.25) is 5.95 Å². The topological polar surface area (TPSA) is 87.2 Å². The van der Waals surface area contributed by atoms with E-state index in [1.807, 2.05) is 0 Å². The predicted molar refractivity (Wildman–Crippen MR) is 100 cm³/mol. The molecule has 1 fully saturated rings. The van der Waals surface area contributed by atoms with Gasteiger partial charge < -0.3 is 15.5 Å². The Hall–Kier alpha value is -3.17. The summed E-state index contributed by atoms with van der Waals surface area (Å²) >= 11 is 0. The molecule has 1 aliphatic heterocycles. The fourth-order valence-corrected chi connectivity index (χ4v) is 3.07. The van der Waals surface area contributed by atoms with Crippen molar-refractivity contribution in [2.75, 3.05) is 29.9 Å². The lowest BCUT2D eigenvalue weighted by Crippen LogP contribution is -2.42. The number of aromatic nitrogens is 2. The first kappa shape index (κ1) is 20.6. The van der Waals surface area contributed by atoms with Crippen LogP contribution < -0.4 is 15.5 Å². The highest BCUT2D eigenvalue weighted by molar-refractivity contribution is 6.39. The molecule has 1 saturated heterocycles. The molecule has 2 amide bonds. The van der Waals surface area contributed by atoms with Crippen LogP contribution in [0.4, 0.5) is 24.8 Å². The third-order valence-electron chi connectivity index (χ3n) is 4.65. The minimum Gasteiger partial charge on any atom is -0.348 e. The minimum atomic E-state index is -4.53. The summed E-state index contributed by atoms with van der Waals surface area (Å²) in [4.78, 5) is 34.4. The molecular formula is C19H20F3N5O2. The number of carbonyl (C=O) groups is 2. The molecule has 2 heterocycles. The zero-order valence-corrected chi connectivity index (χ0v) is 15.4. The molecule has 2 N–H and O–H groups in total. The number of halogens is 3. The molecule has 2 aromatic rings. The van der Waals surface area contributed by atoms with Gasteiger partial charge in [0, 0.05) is 37.7 Å². The van der Waals surface area contributed by atoms with Gasteiger partial charge in [0.05, 0.1) is 5.56 Å². The average molecular weight is 407 g/mol. The maximum atomic E-state index is 12.7. The molecule has 10 heteroatoms. The smallest absolute Gasteiger partial charge is 0.348 e. The molecule has 0 spiro atoms. The van der Waals surface area contributed by atoms with Crippen molar-refractivity contribution in [1.29, 1.82) is 0 Å². The monoisotopic (exact) mass is 407 g/mol. The van der Waals surface area contributed by atoms with Crippen LogP contribution in [-0.2, 0) is 15.8 Å². The van der Waals surface area contributed by atoms with E-state index < -0.39 is 23.6 Å². The fraction of sp³-hybridized carbons (Fsp3) is 0.368. The number of amides is 2. The van der Waals surface area contributed by atoms with Crippen LogP contribution >= 0.6 is 0 Å². The van der Waals surface area contributed by atoms with E-state index in [2.05, 4.69) is 25.5 Å². The Bertz CT molecular complexity index is 852. The van der Waals surface area contributed by atoms with Crippen LogP contribution in [0.2, 0.25) is 0 Å². The first-order valence-corrected chi connectivity index (χ1v) is 9.11. The molecule has 0 aliphatic carbocycles. The Kier molecular flexibility index (Phi) is 6.30. The number of hydrogen-bond donors (Lipinski definition) is 2. The number of nitrogens with zero attached hydrogens (tertiary/aromatic N) is 3. The van der Waals surface area contributed by atoms with Crippen molar-refractivity contribution < 1.29 is 22.8 Å². The van der Waals surface area contributed by atoms with Crippen molar-refractivity contribution in [2.24, 2.45) is 5.92 Å². The summed E-state index contributed by atoms with van der Waals surface area (Å²) in [6, 6.07) is 5.88. The van der Waals surface area contributed by atoms with Crippen LogP contribution in [0.1, 0.15) is 18.4 Å². The van der Waals surface area contributed by atoms with E-state index >= 15 is 0 Å².